The number of nitrogens with zero attached hydrogens (tertiary/aromatic N) is 3. The van der Waals surface area contributed by atoms with Gasteiger partial charge in [0, 0.05) is 35.8 Å². The molecule has 0 bridgehead atoms. The highest BCUT2D eigenvalue weighted by Gasteiger charge is 2.11. The van der Waals surface area contributed by atoms with Gasteiger partial charge < -0.3 is 10.1 Å². The molecule has 0 spiro atoms. The number of carbonyl (C=O) groups excluding carboxylic acids is 1. The van der Waals surface area contributed by atoms with Crippen molar-refractivity contribution in [1.29, 1.82) is 0 Å². The molecule has 0 unspecified atom stereocenters. The van der Waals surface area contributed by atoms with E-state index in [1.807, 2.05) is 17.5 Å². The number of methoxy groups -OCH3 is 1. The first kappa shape index (κ1) is 15.7. The van der Waals surface area contributed by atoms with Crippen molar-refractivity contribution in [3.05, 3.63) is 51.0 Å². The van der Waals surface area contributed by atoms with Gasteiger partial charge in [-0.05, 0) is 12.1 Å². The van der Waals surface area contributed by atoms with Gasteiger partial charge in [-0.2, -0.15) is 0 Å². The van der Waals surface area contributed by atoms with Gasteiger partial charge in [-0.1, -0.05) is 0 Å². The average Bonchev–Trinajstić information content (AvgIpc) is 3.23. The van der Waals surface area contributed by atoms with Gasteiger partial charge in [-0.25, -0.2) is 9.97 Å². The maximum atomic E-state index is 12.1. The monoisotopic (exact) mass is 346 g/mol. The molecule has 3 heterocycles. The van der Waals surface area contributed by atoms with Crippen LogP contribution in [0.3, 0.4) is 0 Å². The second kappa shape index (κ2) is 7.40. The number of nitrogens with one attached hydrogen (secondary N) is 1. The number of amides is 1. The second-order valence-corrected chi connectivity index (χ2v) is 6.49. The van der Waals surface area contributed by atoms with Crippen LogP contribution in [0.25, 0.3) is 11.3 Å². The normalized spacial score (nSPS) is 10.7. The first-order valence-electron chi connectivity index (χ1n) is 6.82. The Bertz CT molecular complexity index is 786. The van der Waals surface area contributed by atoms with Gasteiger partial charge >= 0.3 is 0 Å². The predicted molar refractivity (Wildman–Crippen MR) is 89.3 cm³/mol. The van der Waals surface area contributed by atoms with Gasteiger partial charge in [0.15, 0.2) is 0 Å². The van der Waals surface area contributed by atoms with E-state index < -0.39 is 0 Å². The number of thiazole rings is 2. The number of hydrogen-bond donors (Lipinski definition) is 1. The number of carbonyl (C=O) groups is 1. The van der Waals surface area contributed by atoms with Gasteiger partial charge in [0.2, 0.25) is 0 Å². The summed E-state index contributed by atoms with van der Waals surface area (Å²) in [4.78, 5) is 24.8. The molecule has 0 fully saturated rings. The van der Waals surface area contributed by atoms with Crippen molar-refractivity contribution in [2.75, 3.05) is 7.11 Å². The summed E-state index contributed by atoms with van der Waals surface area (Å²) in [5.41, 5.74) is 2.31. The molecule has 0 saturated carbocycles. The molecule has 3 aromatic heterocycles. The summed E-state index contributed by atoms with van der Waals surface area (Å²) >= 11 is 2.92. The summed E-state index contributed by atoms with van der Waals surface area (Å²) in [5.74, 6) is -0.204. The van der Waals surface area contributed by atoms with Crippen LogP contribution in [0.2, 0.25) is 0 Å². The summed E-state index contributed by atoms with van der Waals surface area (Å²) in [6, 6.07) is 3.81. The average molecular weight is 346 g/mol. The number of pyridine rings is 1. The van der Waals surface area contributed by atoms with Gasteiger partial charge in [0.25, 0.3) is 5.91 Å². The van der Waals surface area contributed by atoms with E-state index in [1.165, 1.54) is 22.7 Å². The van der Waals surface area contributed by atoms with Crippen LogP contribution in [-0.4, -0.2) is 28.0 Å². The topological polar surface area (TPSA) is 77.0 Å². The maximum absolute atomic E-state index is 12.1. The second-order valence-electron chi connectivity index (χ2n) is 4.60. The minimum Gasteiger partial charge on any atom is -0.378 e. The SMILES string of the molecule is COCc1nc(C(=O)NCc2nc(-c3ccncc3)cs2)cs1. The number of rotatable bonds is 6. The summed E-state index contributed by atoms with van der Waals surface area (Å²) in [5, 5.41) is 8.16. The van der Waals surface area contributed by atoms with E-state index >= 15 is 0 Å². The molecule has 3 aromatic rings. The highest BCUT2D eigenvalue weighted by molar-refractivity contribution is 7.10. The maximum Gasteiger partial charge on any atom is 0.271 e. The van der Waals surface area contributed by atoms with Crippen molar-refractivity contribution in [1.82, 2.24) is 20.3 Å². The Morgan fingerprint density at radius 1 is 1.17 bits per heavy atom. The standard InChI is InChI=1S/C15H14N4O2S2/c1-21-7-14-19-12(9-23-14)15(20)17-6-13-18-11(8-22-13)10-2-4-16-5-3-10/h2-5,8-9H,6-7H2,1H3,(H,17,20). The third-order valence-electron chi connectivity index (χ3n) is 2.98. The lowest BCUT2D eigenvalue weighted by molar-refractivity contribution is 0.0946. The lowest BCUT2D eigenvalue weighted by Crippen LogP contribution is -2.23. The smallest absolute Gasteiger partial charge is 0.271 e. The molecule has 3 rings (SSSR count). The first-order chi connectivity index (χ1) is 11.3. The van der Waals surface area contributed by atoms with Crippen LogP contribution in [0.4, 0.5) is 0 Å². The van der Waals surface area contributed by atoms with Gasteiger partial charge in [0.05, 0.1) is 18.8 Å². The summed E-state index contributed by atoms with van der Waals surface area (Å²) in [7, 11) is 1.60. The molecule has 23 heavy (non-hydrogen) atoms. The highest BCUT2D eigenvalue weighted by atomic mass is 32.1. The van der Waals surface area contributed by atoms with Crippen molar-refractivity contribution in [2.45, 2.75) is 13.2 Å². The fraction of sp³-hybridized carbons (Fsp3) is 0.200. The Balaban J connectivity index is 1.60. The zero-order valence-corrected chi connectivity index (χ0v) is 14.0. The molecule has 1 N–H and O–H groups in total. The lowest BCUT2D eigenvalue weighted by atomic mass is 10.2. The molecule has 0 aromatic carbocycles. The summed E-state index contributed by atoms with van der Waals surface area (Å²) in [6.45, 7) is 0.797. The minimum absolute atomic E-state index is 0.204. The predicted octanol–water partition coefficient (Wildman–Crippen LogP) is 2.74. The lowest BCUT2D eigenvalue weighted by Gasteiger charge is -2.00. The minimum atomic E-state index is -0.204. The molecule has 0 aliphatic carbocycles. The van der Waals surface area contributed by atoms with Crippen LogP contribution >= 0.6 is 22.7 Å². The van der Waals surface area contributed by atoms with Crippen LogP contribution in [0, 0.1) is 0 Å². The van der Waals surface area contributed by atoms with Gasteiger partial charge in [0.1, 0.15) is 15.7 Å². The quantitative estimate of drug-likeness (QED) is 0.742. The van der Waals surface area contributed by atoms with Crippen LogP contribution < -0.4 is 5.32 Å². The molecular formula is C15H14N4O2S2. The van der Waals surface area contributed by atoms with E-state index in [2.05, 4.69) is 20.3 Å². The van der Waals surface area contributed by atoms with Gasteiger partial charge in [-0.3, -0.25) is 9.78 Å². The zero-order valence-electron chi connectivity index (χ0n) is 12.4. The van der Waals surface area contributed by atoms with Crippen molar-refractivity contribution in [3.8, 4) is 11.3 Å². The Morgan fingerprint density at radius 2 is 1.96 bits per heavy atom. The number of ether oxygens (including phenoxy) is 1. The Morgan fingerprint density at radius 3 is 2.74 bits per heavy atom. The van der Waals surface area contributed by atoms with E-state index in [0.717, 1.165) is 21.3 Å². The molecule has 118 valence electrons. The number of aromatic nitrogens is 3. The number of hydrogen-bond acceptors (Lipinski definition) is 7. The largest absolute Gasteiger partial charge is 0.378 e. The van der Waals surface area contributed by atoms with Crippen LogP contribution in [0.15, 0.2) is 35.3 Å². The molecule has 0 saturated heterocycles. The molecule has 0 atom stereocenters. The molecule has 0 aliphatic heterocycles. The van der Waals surface area contributed by atoms with Gasteiger partial charge in [-0.15, -0.1) is 22.7 Å². The van der Waals surface area contributed by atoms with Crippen molar-refractivity contribution >= 4 is 28.6 Å². The van der Waals surface area contributed by atoms with E-state index in [9.17, 15) is 4.79 Å². The van der Waals surface area contributed by atoms with Crippen LogP contribution in [0.5, 0.6) is 0 Å². The van der Waals surface area contributed by atoms with E-state index in [-0.39, 0.29) is 5.91 Å². The Labute approximate surface area is 141 Å². The molecule has 1 amide bonds. The molecular weight excluding hydrogens is 332 g/mol. The molecule has 0 aliphatic rings. The van der Waals surface area contributed by atoms with Crippen molar-refractivity contribution in [3.63, 3.8) is 0 Å². The van der Waals surface area contributed by atoms with Crippen molar-refractivity contribution in [2.24, 2.45) is 0 Å². The van der Waals surface area contributed by atoms with Crippen LogP contribution in [-0.2, 0) is 17.9 Å². The molecule has 8 heteroatoms. The molecule has 6 nitrogen and oxygen atoms in total. The molecule has 0 radical (unpaired) electrons. The zero-order chi connectivity index (χ0) is 16.1. The fourth-order valence-electron chi connectivity index (χ4n) is 1.90. The Hall–Kier alpha value is -2.16. The van der Waals surface area contributed by atoms with E-state index in [1.54, 1.807) is 24.9 Å². The summed E-state index contributed by atoms with van der Waals surface area (Å²) in [6.07, 6.45) is 3.46. The fourth-order valence-corrected chi connectivity index (χ4v) is 3.39. The Kier molecular flexibility index (Phi) is 5.06. The van der Waals surface area contributed by atoms with Crippen LogP contribution in [0.1, 0.15) is 20.5 Å². The van der Waals surface area contributed by atoms with E-state index in [0.29, 0.717) is 18.8 Å². The van der Waals surface area contributed by atoms with E-state index in [4.69, 9.17) is 4.74 Å². The van der Waals surface area contributed by atoms with Crippen molar-refractivity contribution < 1.29 is 9.53 Å². The summed E-state index contributed by atoms with van der Waals surface area (Å²) < 4.78 is 5.00. The highest BCUT2D eigenvalue weighted by Crippen LogP contribution is 2.21. The first-order valence-corrected chi connectivity index (χ1v) is 8.58. The third-order valence-corrected chi connectivity index (χ3v) is 4.65. The third kappa shape index (κ3) is 3.98.